The Morgan fingerprint density at radius 1 is 1.08 bits per heavy atom. The number of pyridine rings is 1. The third kappa shape index (κ3) is 3.99. The highest BCUT2D eigenvalue weighted by Gasteiger charge is 2.16. The van der Waals surface area contributed by atoms with Gasteiger partial charge in [0.05, 0.1) is 37.3 Å². The Labute approximate surface area is 152 Å². The fraction of sp³-hybridized carbons (Fsp3) is 0.300. The Morgan fingerprint density at radius 2 is 1.92 bits per heavy atom. The SMILES string of the molecule is c1ccc(-n2cc(CNC[C@H]3COCCO3)c(-c3ccncc3)n2)cc1. The Balaban J connectivity index is 1.54. The molecule has 26 heavy (non-hydrogen) atoms. The van der Waals surface area contributed by atoms with Crippen molar-refractivity contribution < 1.29 is 9.47 Å². The van der Waals surface area contributed by atoms with Gasteiger partial charge in [-0.25, -0.2) is 4.68 Å². The molecule has 1 aliphatic heterocycles. The van der Waals surface area contributed by atoms with Crippen LogP contribution in [-0.4, -0.2) is 47.2 Å². The highest BCUT2D eigenvalue weighted by atomic mass is 16.6. The minimum atomic E-state index is 0.109. The Morgan fingerprint density at radius 3 is 2.69 bits per heavy atom. The zero-order valence-corrected chi connectivity index (χ0v) is 14.5. The average Bonchev–Trinajstić information content (AvgIpc) is 3.14. The molecular formula is C20H22N4O2. The molecule has 1 fully saturated rings. The van der Waals surface area contributed by atoms with Crippen molar-refractivity contribution in [2.75, 3.05) is 26.4 Å². The van der Waals surface area contributed by atoms with Crippen molar-refractivity contribution in [2.45, 2.75) is 12.6 Å². The molecule has 0 radical (unpaired) electrons. The van der Waals surface area contributed by atoms with Gasteiger partial charge < -0.3 is 14.8 Å². The van der Waals surface area contributed by atoms with E-state index in [-0.39, 0.29) is 6.10 Å². The van der Waals surface area contributed by atoms with Crippen molar-refractivity contribution >= 4 is 0 Å². The molecule has 4 rings (SSSR count). The molecule has 1 saturated heterocycles. The van der Waals surface area contributed by atoms with E-state index in [1.54, 1.807) is 12.4 Å². The van der Waals surface area contributed by atoms with E-state index < -0.39 is 0 Å². The van der Waals surface area contributed by atoms with Crippen molar-refractivity contribution in [2.24, 2.45) is 0 Å². The summed E-state index contributed by atoms with van der Waals surface area (Å²) in [6.45, 7) is 3.47. The number of hydrogen-bond acceptors (Lipinski definition) is 5. The highest BCUT2D eigenvalue weighted by molar-refractivity contribution is 5.62. The van der Waals surface area contributed by atoms with Gasteiger partial charge in [0.25, 0.3) is 0 Å². The van der Waals surface area contributed by atoms with Gasteiger partial charge in [-0.15, -0.1) is 0 Å². The molecule has 2 aromatic heterocycles. The maximum atomic E-state index is 5.69. The van der Waals surface area contributed by atoms with E-state index in [2.05, 4.69) is 16.5 Å². The number of ether oxygens (including phenoxy) is 2. The lowest BCUT2D eigenvalue weighted by Gasteiger charge is -2.23. The molecule has 0 aliphatic carbocycles. The summed E-state index contributed by atoms with van der Waals surface area (Å²) >= 11 is 0. The Hall–Kier alpha value is -2.54. The number of nitrogens with zero attached hydrogens (tertiary/aromatic N) is 3. The van der Waals surface area contributed by atoms with Crippen LogP contribution < -0.4 is 5.32 Å². The average molecular weight is 350 g/mol. The van der Waals surface area contributed by atoms with E-state index in [0.717, 1.165) is 29.1 Å². The smallest absolute Gasteiger partial charge is 0.0973 e. The number of hydrogen-bond donors (Lipinski definition) is 1. The zero-order chi connectivity index (χ0) is 17.6. The van der Waals surface area contributed by atoms with Gasteiger partial charge in [-0.3, -0.25) is 4.98 Å². The second-order valence-corrected chi connectivity index (χ2v) is 6.22. The molecule has 0 spiro atoms. The molecule has 1 atom stereocenters. The van der Waals surface area contributed by atoms with Crippen molar-refractivity contribution in [3.63, 3.8) is 0 Å². The summed E-state index contributed by atoms with van der Waals surface area (Å²) in [4.78, 5) is 4.11. The lowest BCUT2D eigenvalue weighted by atomic mass is 10.1. The van der Waals surface area contributed by atoms with Crippen LogP contribution in [0.5, 0.6) is 0 Å². The van der Waals surface area contributed by atoms with E-state index in [1.807, 2.05) is 47.1 Å². The van der Waals surface area contributed by atoms with Crippen LogP contribution in [0.3, 0.4) is 0 Å². The normalized spacial score (nSPS) is 17.3. The predicted octanol–water partition coefficient (Wildman–Crippen LogP) is 2.44. The van der Waals surface area contributed by atoms with E-state index in [4.69, 9.17) is 14.6 Å². The monoisotopic (exact) mass is 350 g/mol. The van der Waals surface area contributed by atoms with Crippen LogP contribution >= 0.6 is 0 Å². The van der Waals surface area contributed by atoms with E-state index in [9.17, 15) is 0 Å². The van der Waals surface area contributed by atoms with Crippen LogP contribution in [-0.2, 0) is 16.0 Å². The van der Waals surface area contributed by atoms with Crippen molar-refractivity contribution in [3.05, 3.63) is 66.6 Å². The van der Waals surface area contributed by atoms with Crippen LogP contribution in [0.15, 0.2) is 61.1 Å². The number of rotatable bonds is 6. The first-order valence-corrected chi connectivity index (χ1v) is 8.84. The maximum Gasteiger partial charge on any atom is 0.0973 e. The maximum absolute atomic E-state index is 5.69. The second-order valence-electron chi connectivity index (χ2n) is 6.22. The summed E-state index contributed by atoms with van der Waals surface area (Å²) in [7, 11) is 0. The number of aromatic nitrogens is 3. The Kier molecular flexibility index (Phi) is 5.35. The molecule has 3 heterocycles. The number of nitrogens with one attached hydrogen (secondary N) is 1. The van der Waals surface area contributed by atoms with Gasteiger partial charge in [-0.1, -0.05) is 18.2 Å². The lowest BCUT2D eigenvalue weighted by molar-refractivity contribution is -0.0864. The fourth-order valence-electron chi connectivity index (χ4n) is 3.03. The quantitative estimate of drug-likeness (QED) is 0.740. The minimum Gasteiger partial charge on any atom is -0.376 e. The first-order chi connectivity index (χ1) is 12.9. The van der Waals surface area contributed by atoms with Crippen molar-refractivity contribution in [1.82, 2.24) is 20.1 Å². The molecular weight excluding hydrogens is 328 g/mol. The fourth-order valence-corrected chi connectivity index (χ4v) is 3.03. The standard InChI is InChI=1S/C20H22N4O2/c1-2-4-18(5-3-1)24-14-17(12-22-13-19-15-25-10-11-26-19)20(23-24)16-6-8-21-9-7-16/h1-9,14,19,22H,10-13,15H2/t19-/m0/s1. The highest BCUT2D eigenvalue weighted by Crippen LogP contribution is 2.23. The number of benzene rings is 1. The van der Waals surface area contributed by atoms with Gasteiger partial charge in [0.1, 0.15) is 0 Å². The van der Waals surface area contributed by atoms with E-state index >= 15 is 0 Å². The van der Waals surface area contributed by atoms with Gasteiger partial charge in [-0.2, -0.15) is 5.10 Å². The summed E-state index contributed by atoms with van der Waals surface area (Å²) in [5.41, 5.74) is 4.20. The van der Waals surface area contributed by atoms with Crippen LogP contribution in [0.25, 0.3) is 16.9 Å². The molecule has 1 aliphatic rings. The third-order valence-corrected chi connectivity index (χ3v) is 4.34. The van der Waals surface area contributed by atoms with Gasteiger partial charge in [0, 0.05) is 42.8 Å². The third-order valence-electron chi connectivity index (χ3n) is 4.34. The van der Waals surface area contributed by atoms with Gasteiger partial charge in [0.15, 0.2) is 0 Å². The molecule has 6 nitrogen and oxygen atoms in total. The van der Waals surface area contributed by atoms with Crippen LogP contribution in [0.4, 0.5) is 0 Å². The van der Waals surface area contributed by atoms with E-state index in [1.165, 1.54) is 0 Å². The summed E-state index contributed by atoms with van der Waals surface area (Å²) < 4.78 is 13.1. The molecule has 0 amide bonds. The van der Waals surface area contributed by atoms with Gasteiger partial charge in [-0.05, 0) is 24.3 Å². The minimum absolute atomic E-state index is 0.109. The molecule has 1 N–H and O–H groups in total. The van der Waals surface area contributed by atoms with Gasteiger partial charge >= 0.3 is 0 Å². The van der Waals surface area contributed by atoms with Crippen LogP contribution in [0.1, 0.15) is 5.56 Å². The molecule has 6 heteroatoms. The molecule has 134 valence electrons. The number of para-hydroxylation sites is 1. The van der Waals surface area contributed by atoms with Gasteiger partial charge in [0.2, 0.25) is 0 Å². The topological polar surface area (TPSA) is 61.2 Å². The first kappa shape index (κ1) is 16.9. The summed E-state index contributed by atoms with van der Waals surface area (Å²) in [5, 5.41) is 8.28. The summed E-state index contributed by atoms with van der Waals surface area (Å²) in [6, 6.07) is 14.1. The molecule has 3 aromatic rings. The van der Waals surface area contributed by atoms with Crippen LogP contribution in [0.2, 0.25) is 0 Å². The van der Waals surface area contributed by atoms with Crippen molar-refractivity contribution in [1.29, 1.82) is 0 Å². The Bertz CT molecular complexity index is 814. The zero-order valence-electron chi connectivity index (χ0n) is 14.5. The summed E-state index contributed by atoms with van der Waals surface area (Å²) in [5.74, 6) is 0. The molecule has 0 bridgehead atoms. The molecule has 0 unspecified atom stereocenters. The summed E-state index contributed by atoms with van der Waals surface area (Å²) in [6.07, 6.45) is 5.77. The predicted molar refractivity (Wildman–Crippen MR) is 99.1 cm³/mol. The first-order valence-electron chi connectivity index (χ1n) is 8.84. The largest absolute Gasteiger partial charge is 0.376 e. The second kappa shape index (κ2) is 8.23. The molecule has 0 saturated carbocycles. The van der Waals surface area contributed by atoms with E-state index in [0.29, 0.717) is 26.4 Å². The molecule has 1 aromatic carbocycles. The van der Waals surface area contributed by atoms with Crippen LogP contribution in [0, 0.1) is 0 Å². The van der Waals surface area contributed by atoms with Crippen molar-refractivity contribution in [3.8, 4) is 16.9 Å². The lowest BCUT2D eigenvalue weighted by Crippen LogP contribution is -2.37.